The van der Waals surface area contributed by atoms with E-state index in [2.05, 4.69) is 51.6 Å². The van der Waals surface area contributed by atoms with Gasteiger partial charge < -0.3 is 15.5 Å². The topological polar surface area (TPSA) is 64.7 Å². The number of likely N-dealkylation sites (tertiary alicyclic amines) is 2. The fourth-order valence-corrected chi connectivity index (χ4v) is 4.57. The molecule has 6 nitrogen and oxygen atoms in total. The Labute approximate surface area is 175 Å². The van der Waals surface area contributed by atoms with Gasteiger partial charge in [0.2, 0.25) is 11.8 Å². The van der Waals surface area contributed by atoms with E-state index >= 15 is 0 Å². The lowest BCUT2D eigenvalue weighted by molar-refractivity contribution is -0.127. The maximum absolute atomic E-state index is 12.3. The minimum atomic E-state index is -0.0579. The van der Waals surface area contributed by atoms with Crippen LogP contribution in [0.4, 0.5) is 0 Å². The maximum Gasteiger partial charge on any atom is 0.223 e. The first-order valence-electron chi connectivity index (χ1n) is 11.1. The van der Waals surface area contributed by atoms with Crippen molar-refractivity contribution in [3.8, 4) is 0 Å². The lowest BCUT2D eigenvalue weighted by Gasteiger charge is -2.41. The van der Waals surface area contributed by atoms with Crippen LogP contribution in [0.25, 0.3) is 0 Å². The highest BCUT2D eigenvalue weighted by Gasteiger charge is 2.30. The highest BCUT2D eigenvalue weighted by atomic mass is 16.2. The van der Waals surface area contributed by atoms with Crippen molar-refractivity contribution in [2.45, 2.75) is 52.1 Å². The lowest BCUT2D eigenvalue weighted by atomic mass is 9.92. The summed E-state index contributed by atoms with van der Waals surface area (Å²) in [5.74, 6) is 0.199. The van der Waals surface area contributed by atoms with Crippen LogP contribution in [0, 0.1) is 12.8 Å². The van der Waals surface area contributed by atoms with E-state index in [1.165, 1.54) is 30.9 Å². The molecule has 2 fully saturated rings. The first kappa shape index (κ1) is 21.8. The minimum absolute atomic E-state index is 0.0579. The zero-order valence-electron chi connectivity index (χ0n) is 18.0. The van der Waals surface area contributed by atoms with Crippen LogP contribution < -0.4 is 10.6 Å². The van der Waals surface area contributed by atoms with E-state index in [0.29, 0.717) is 19.1 Å². The average Bonchev–Trinajstić information content (AvgIpc) is 2.73. The quantitative estimate of drug-likeness (QED) is 0.687. The predicted octanol–water partition coefficient (Wildman–Crippen LogP) is 1.92. The predicted molar refractivity (Wildman–Crippen MR) is 115 cm³/mol. The van der Waals surface area contributed by atoms with E-state index in [9.17, 15) is 9.59 Å². The summed E-state index contributed by atoms with van der Waals surface area (Å²) in [6.07, 6.45) is 4.32. The maximum atomic E-state index is 12.3. The van der Waals surface area contributed by atoms with Gasteiger partial charge in [-0.2, -0.15) is 0 Å². The first-order valence-corrected chi connectivity index (χ1v) is 11.1. The lowest BCUT2D eigenvalue weighted by Crippen LogP contribution is -2.49. The molecular weight excluding hydrogens is 364 g/mol. The normalized spacial score (nSPS) is 19.8. The molecule has 2 amide bonds. The molecule has 160 valence electrons. The summed E-state index contributed by atoms with van der Waals surface area (Å²) in [5, 5.41) is 5.67. The molecule has 2 heterocycles. The molecule has 1 aromatic carbocycles. The Kier molecular flexibility index (Phi) is 8.07. The number of amides is 2. The van der Waals surface area contributed by atoms with Gasteiger partial charge in [0.15, 0.2) is 0 Å². The van der Waals surface area contributed by atoms with E-state index < -0.39 is 0 Å². The third-order valence-corrected chi connectivity index (χ3v) is 6.43. The van der Waals surface area contributed by atoms with Gasteiger partial charge in [-0.25, -0.2) is 0 Å². The van der Waals surface area contributed by atoms with Crippen molar-refractivity contribution in [1.82, 2.24) is 20.4 Å². The molecule has 6 heteroatoms. The molecule has 3 rings (SSSR count). The Bertz CT molecular complexity index is 677. The van der Waals surface area contributed by atoms with Gasteiger partial charge in [0.05, 0.1) is 0 Å². The molecule has 0 aromatic heterocycles. The monoisotopic (exact) mass is 400 g/mol. The number of aryl methyl sites for hydroxylation is 1. The van der Waals surface area contributed by atoms with Crippen molar-refractivity contribution >= 4 is 11.8 Å². The van der Waals surface area contributed by atoms with Crippen LogP contribution in [0.5, 0.6) is 0 Å². The number of hydrogen-bond acceptors (Lipinski definition) is 4. The second-order valence-corrected chi connectivity index (χ2v) is 8.52. The van der Waals surface area contributed by atoms with Gasteiger partial charge in [-0.3, -0.25) is 14.5 Å². The molecule has 0 saturated carbocycles. The molecule has 0 radical (unpaired) electrons. The largest absolute Gasteiger partial charge is 0.355 e. The fourth-order valence-electron chi connectivity index (χ4n) is 4.57. The zero-order valence-corrected chi connectivity index (χ0v) is 18.0. The SMILES string of the molecule is CC(=O)NCCNC(=O)C1CCN(C2CCN(Cc3ccccc3C)CC2)CC1. The number of carbonyl (C=O) groups is 2. The molecule has 0 spiro atoms. The van der Waals surface area contributed by atoms with Gasteiger partial charge in [0.25, 0.3) is 0 Å². The van der Waals surface area contributed by atoms with Crippen molar-refractivity contribution in [3.05, 3.63) is 35.4 Å². The van der Waals surface area contributed by atoms with Crippen molar-refractivity contribution in [2.24, 2.45) is 5.92 Å². The Morgan fingerprint density at radius 3 is 2.28 bits per heavy atom. The fraction of sp³-hybridized carbons (Fsp3) is 0.652. The van der Waals surface area contributed by atoms with Crippen molar-refractivity contribution in [3.63, 3.8) is 0 Å². The Hall–Kier alpha value is -1.92. The molecule has 2 aliphatic heterocycles. The van der Waals surface area contributed by atoms with E-state index in [0.717, 1.165) is 45.6 Å². The van der Waals surface area contributed by atoms with Crippen LogP contribution in [0.15, 0.2) is 24.3 Å². The van der Waals surface area contributed by atoms with E-state index in [1.807, 2.05) is 0 Å². The summed E-state index contributed by atoms with van der Waals surface area (Å²) >= 11 is 0. The first-order chi connectivity index (χ1) is 14.0. The smallest absolute Gasteiger partial charge is 0.223 e. The van der Waals surface area contributed by atoms with Crippen LogP contribution in [0.2, 0.25) is 0 Å². The summed E-state index contributed by atoms with van der Waals surface area (Å²) in [4.78, 5) is 28.4. The zero-order chi connectivity index (χ0) is 20.6. The van der Waals surface area contributed by atoms with E-state index in [4.69, 9.17) is 0 Å². The van der Waals surface area contributed by atoms with Crippen LogP contribution in [-0.2, 0) is 16.1 Å². The highest BCUT2D eigenvalue weighted by molar-refractivity contribution is 5.78. The number of nitrogens with one attached hydrogen (secondary N) is 2. The number of piperidine rings is 2. The molecule has 1 aromatic rings. The van der Waals surface area contributed by atoms with Gasteiger partial charge in [0, 0.05) is 38.5 Å². The van der Waals surface area contributed by atoms with Crippen LogP contribution >= 0.6 is 0 Å². The summed E-state index contributed by atoms with van der Waals surface area (Å²) in [5.41, 5.74) is 2.82. The van der Waals surface area contributed by atoms with Gasteiger partial charge >= 0.3 is 0 Å². The third-order valence-electron chi connectivity index (χ3n) is 6.43. The van der Waals surface area contributed by atoms with E-state index in [1.54, 1.807) is 0 Å². The molecule has 2 N–H and O–H groups in total. The Morgan fingerprint density at radius 2 is 1.62 bits per heavy atom. The second-order valence-electron chi connectivity index (χ2n) is 8.52. The molecule has 0 aliphatic carbocycles. The molecule has 2 aliphatic rings. The third kappa shape index (κ3) is 6.54. The number of benzene rings is 1. The van der Waals surface area contributed by atoms with Crippen LogP contribution in [0.1, 0.15) is 43.7 Å². The summed E-state index contributed by atoms with van der Waals surface area (Å²) < 4.78 is 0. The van der Waals surface area contributed by atoms with Crippen LogP contribution in [-0.4, -0.2) is 66.9 Å². The minimum Gasteiger partial charge on any atom is -0.355 e. The van der Waals surface area contributed by atoms with Gasteiger partial charge in [0.1, 0.15) is 0 Å². The van der Waals surface area contributed by atoms with E-state index in [-0.39, 0.29) is 17.7 Å². The van der Waals surface area contributed by atoms with Crippen LogP contribution in [0.3, 0.4) is 0 Å². The van der Waals surface area contributed by atoms with Crippen molar-refractivity contribution < 1.29 is 9.59 Å². The Balaban J connectivity index is 1.35. The molecular formula is C23H36N4O2. The molecule has 0 unspecified atom stereocenters. The molecule has 29 heavy (non-hydrogen) atoms. The summed E-state index contributed by atoms with van der Waals surface area (Å²) in [7, 11) is 0. The second kappa shape index (κ2) is 10.7. The molecule has 0 atom stereocenters. The summed E-state index contributed by atoms with van der Waals surface area (Å²) in [6.45, 7) is 10.1. The van der Waals surface area contributed by atoms with Crippen molar-refractivity contribution in [1.29, 1.82) is 0 Å². The average molecular weight is 401 g/mol. The van der Waals surface area contributed by atoms with Gasteiger partial charge in [-0.15, -0.1) is 0 Å². The standard InChI is InChI=1S/C23H36N4O2/c1-18-5-3-4-6-21(18)17-26-13-9-22(10-14-26)27-15-7-20(8-16-27)23(29)25-12-11-24-19(2)28/h3-6,20,22H,7-17H2,1-2H3,(H,24,28)(H,25,29). The number of rotatable bonds is 7. The highest BCUT2D eigenvalue weighted by Crippen LogP contribution is 2.25. The van der Waals surface area contributed by atoms with Gasteiger partial charge in [-0.1, -0.05) is 24.3 Å². The van der Waals surface area contributed by atoms with Crippen molar-refractivity contribution in [2.75, 3.05) is 39.3 Å². The van der Waals surface area contributed by atoms with Gasteiger partial charge in [-0.05, 0) is 69.9 Å². The number of hydrogen-bond donors (Lipinski definition) is 2. The Morgan fingerprint density at radius 1 is 0.966 bits per heavy atom. The summed E-state index contributed by atoms with van der Waals surface area (Å²) in [6, 6.07) is 9.34. The number of carbonyl (C=O) groups excluding carboxylic acids is 2. The number of nitrogens with zero attached hydrogens (tertiary/aromatic N) is 2. The molecule has 2 saturated heterocycles. The molecule has 0 bridgehead atoms.